The molecule has 26 heavy (non-hydrogen) atoms. The van der Waals surface area contributed by atoms with Crippen LogP contribution in [0.15, 0.2) is 48.5 Å². The Bertz CT molecular complexity index is 797. The predicted molar refractivity (Wildman–Crippen MR) is 104 cm³/mol. The first-order chi connectivity index (χ1) is 12.5. The quantitative estimate of drug-likeness (QED) is 0.886. The molecule has 1 unspecified atom stereocenters. The summed E-state index contributed by atoms with van der Waals surface area (Å²) in [5, 5.41) is 11.6. The van der Waals surface area contributed by atoms with Crippen LogP contribution in [0.3, 0.4) is 0 Å². The van der Waals surface area contributed by atoms with Crippen molar-refractivity contribution >= 4 is 17.4 Å². The number of Topliss-reactive ketones (excluding diaryl/α,β-unsaturated/α-hetero) is 1. The van der Waals surface area contributed by atoms with E-state index in [4.69, 9.17) is 11.6 Å². The van der Waals surface area contributed by atoms with Gasteiger partial charge in [-0.1, -0.05) is 48.0 Å². The predicted octanol–water partition coefficient (Wildman–Crippen LogP) is 4.07. The Morgan fingerprint density at radius 3 is 2.58 bits per heavy atom. The molecule has 0 bridgehead atoms. The lowest BCUT2D eigenvalue weighted by atomic mass is 9.81. The van der Waals surface area contributed by atoms with Crippen LogP contribution in [0.4, 0.5) is 0 Å². The van der Waals surface area contributed by atoms with E-state index in [1.807, 2.05) is 48.5 Å². The lowest BCUT2D eigenvalue weighted by Crippen LogP contribution is -2.45. The van der Waals surface area contributed by atoms with Gasteiger partial charge in [0.1, 0.15) is 0 Å². The first-order valence-corrected chi connectivity index (χ1v) is 9.76. The standard InChI is InChI=1S/C22H24ClNO2/c23-19-9-8-16-6-7-17(21(25)20(16)14-19)15-24-12-10-22(26,11-13-24)18-4-2-1-3-5-18/h1-5,8-9,14,17,26H,6-7,10-13,15H2. The van der Waals surface area contributed by atoms with Crippen LogP contribution >= 0.6 is 11.6 Å². The molecule has 1 aliphatic heterocycles. The van der Waals surface area contributed by atoms with Crippen LogP contribution in [0.2, 0.25) is 5.02 Å². The first-order valence-electron chi connectivity index (χ1n) is 9.38. The number of carbonyl (C=O) groups excluding carboxylic acids is 1. The van der Waals surface area contributed by atoms with Crippen molar-refractivity contribution in [2.24, 2.45) is 5.92 Å². The summed E-state index contributed by atoms with van der Waals surface area (Å²) in [6.07, 6.45) is 3.25. The Labute approximate surface area is 159 Å². The molecule has 0 amide bonds. The number of aryl methyl sites for hydroxylation is 1. The third-order valence-corrected chi connectivity index (χ3v) is 6.18. The average molecular weight is 370 g/mol. The van der Waals surface area contributed by atoms with Gasteiger partial charge in [0.05, 0.1) is 5.60 Å². The van der Waals surface area contributed by atoms with Gasteiger partial charge in [-0.25, -0.2) is 0 Å². The first kappa shape index (κ1) is 17.7. The van der Waals surface area contributed by atoms with E-state index in [9.17, 15) is 9.90 Å². The topological polar surface area (TPSA) is 40.5 Å². The smallest absolute Gasteiger partial charge is 0.167 e. The second-order valence-electron chi connectivity index (χ2n) is 7.60. The highest BCUT2D eigenvalue weighted by Crippen LogP contribution is 2.34. The van der Waals surface area contributed by atoms with Crippen LogP contribution in [-0.2, 0) is 12.0 Å². The molecule has 3 nitrogen and oxygen atoms in total. The molecule has 2 aromatic rings. The SMILES string of the molecule is O=C1c2cc(Cl)ccc2CCC1CN1CCC(O)(c2ccccc2)CC1. The number of carbonyl (C=O) groups is 1. The van der Waals surface area contributed by atoms with Crippen LogP contribution in [0.5, 0.6) is 0 Å². The van der Waals surface area contributed by atoms with Crippen molar-refractivity contribution in [3.63, 3.8) is 0 Å². The molecule has 136 valence electrons. The zero-order valence-electron chi connectivity index (χ0n) is 14.8. The fourth-order valence-electron chi connectivity index (χ4n) is 4.31. The van der Waals surface area contributed by atoms with Crippen LogP contribution in [-0.4, -0.2) is 35.4 Å². The molecule has 2 aromatic carbocycles. The molecule has 1 aliphatic carbocycles. The van der Waals surface area contributed by atoms with Crippen LogP contribution in [0.1, 0.15) is 40.7 Å². The largest absolute Gasteiger partial charge is 0.385 e. The summed E-state index contributed by atoms with van der Waals surface area (Å²) in [4.78, 5) is 15.2. The van der Waals surface area contributed by atoms with Gasteiger partial charge in [-0.15, -0.1) is 0 Å². The number of hydrogen-bond donors (Lipinski definition) is 1. The maximum atomic E-state index is 12.9. The van der Waals surface area contributed by atoms with Gasteiger partial charge in [0.2, 0.25) is 0 Å². The van der Waals surface area contributed by atoms with E-state index in [1.54, 1.807) is 0 Å². The van der Waals surface area contributed by atoms with Crippen LogP contribution < -0.4 is 0 Å². The van der Waals surface area contributed by atoms with E-state index in [2.05, 4.69) is 4.90 Å². The number of likely N-dealkylation sites (tertiary alicyclic amines) is 1. The van der Waals surface area contributed by atoms with E-state index in [0.29, 0.717) is 17.9 Å². The van der Waals surface area contributed by atoms with E-state index >= 15 is 0 Å². The number of rotatable bonds is 3. The molecule has 0 aromatic heterocycles. The highest BCUT2D eigenvalue weighted by Gasteiger charge is 2.36. The van der Waals surface area contributed by atoms with Crippen LogP contribution in [0.25, 0.3) is 0 Å². The Kier molecular flexibility index (Phi) is 4.87. The number of benzene rings is 2. The maximum Gasteiger partial charge on any atom is 0.167 e. The van der Waals surface area contributed by atoms with Crippen molar-refractivity contribution < 1.29 is 9.90 Å². The molecule has 0 saturated carbocycles. The molecule has 4 heteroatoms. The second kappa shape index (κ2) is 7.15. The summed E-state index contributed by atoms with van der Waals surface area (Å²) in [5.74, 6) is 0.251. The van der Waals surface area contributed by atoms with Crippen molar-refractivity contribution in [2.75, 3.05) is 19.6 Å². The summed E-state index contributed by atoms with van der Waals surface area (Å²) < 4.78 is 0. The molecule has 0 radical (unpaired) electrons. The fraction of sp³-hybridized carbons (Fsp3) is 0.409. The molecule has 4 rings (SSSR count). The minimum atomic E-state index is -0.742. The minimum Gasteiger partial charge on any atom is -0.385 e. The Morgan fingerprint density at radius 2 is 1.85 bits per heavy atom. The number of halogens is 1. The van der Waals surface area contributed by atoms with Crippen molar-refractivity contribution in [2.45, 2.75) is 31.3 Å². The molecule has 1 atom stereocenters. The highest BCUT2D eigenvalue weighted by atomic mass is 35.5. The van der Waals surface area contributed by atoms with Gasteiger partial charge in [-0.05, 0) is 48.9 Å². The molecule has 0 spiro atoms. The monoisotopic (exact) mass is 369 g/mol. The molecular weight excluding hydrogens is 346 g/mol. The summed E-state index contributed by atoms with van der Waals surface area (Å²) in [7, 11) is 0. The third-order valence-electron chi connectivity index (χ3n) is 5.94. The molecule has 1 saturated heterocycles. The second-order valence-corrected chi connectivity index (χ2v) is 8.04. The normalized spacial score (nSPS) is 22.8. The summed E-state index contributed by atoms with van der Waals surface area (Å²) in [6.45, 7) is 2.41. The molecule has 1 fully saturated rings. The number of ketones is 1. The number of aliphatic hydroxyl groups is 1. The number of nitrogens with zero attached hydrogens (tertiary/aromatic N) is 1. The van der Waals surface area contributed by atoms with Crippen molar-refractivity contribution in [1.82, 2.24) is 4.90 Å². The average Bonchev–Trinajstić information content (AvgIpc) is 2.67. The van der Waals surface area contributed by atoms with E-state index in [0.717, 1.165) is 49.2 Å². The lowest BCUT2D eigenvalue weighted by molar-refractivity contribution is -0.0283. The van der Waals surface area contributed by atoms with Gasteiger partial charge in [0.25, 0.3) is 0 Å². The number of fused-ring (bicyclic) bond motifs is 1. The lowest BCUT2D eigenvalue weighted by Gasteiger charge is -2.40. The molecule has 1 heterocycles. The van der Waals surface area contributed by atoms with Crippen molar-refractivity contribution in [3.05, 3.63) is 70.2 Å². The van der Waals surface area contributed by atoms with Gasteiger partial charge in [-0.2, -0.15) is 0 Å². The van der Waals surface area contributed by atoms with Crippen molar-refractivity contribution in [1.29, 1.82) is 0 Å². The number of hydrogen-bond acceptors (Lipinski definition) is 3. The number of piperidine rings is 1. The Balaban J connectivity index is 1.40. The van der Waals surface area contributed by atoms with Crippen LogP contribution in [0, 0.1) is 5.92 Å². The maximum absolute atomic E-state index is 12.9. The van der Waals surface area contributed by atoms with E-state index in [-0.39, 0.29) is 11.7 Å². The zero-order valence-corrected chi connectivity index (χ0v) is 15.6. The summed E-state index contributed by atoms with van der Waals surface area (Å²) >= 11 is 6.08. The Morgan fingerprint density at radius 1 is 1.12 bits per heavy atom. The fourth-order valence-corrected chi connectivity index (χ4v) is 4.48. The van der Waals surface area contributed by atoms with Crippen molar-refractivity contribution in [3.8, 4) is 0 Å². The van der Waals surface area contributed by atoms with Gasteiger partial charge in [-0.3, -0.25) is 4.79 Å². The summed E-state index contributed by atoms with van der Waals surface area (Å²) in [5.41, 5.74) is 2.17. The van der Waals surface area contributed by atoms with Gasteiger partial charge in [0.15, 0.2) is 5.78 Å². The molecule has 1 N–H and O–H groups in total. The zero-order chi connectivity index (χ0) is 18.1. The van der Waals surface area contributed by atoms with Gasteiger partial charge in [0, 0.05) is 36.1 Å². The Hall–Kier alpha value is -1.68. The minimum absolute atomic E-state index is 0.0314. The molecule has 2 aliphatic rings. The van der Waals surface area contributed by atoms with Gasteiger partial charge < -0.3 is 10.0 Å². The third kappa shape index (κ3) is 3.44. The highest BCUT2D eigenvalue weighted by molar-refractivity contribution is 6.31. The van der Waals surface area contributed by atoms with E-state index < -0.39 is 5.60 Å². The molecular formula is C22H24ClNO2. The summed E-state index contributed by atoms with van der Waals surface area (Å²) in [6, 6.07) is 15.6. The van der Waals surface area contributed by atoms with Gasteiger partial charge >= 0.3 is 0 Å². The van der Waals surface area contributed by atoms with E-state index in [1.165, 1.54) is 0 Å².